The van der Waals surface area contributed by atoms with Gasteiger partial charge in [-0.1, -0.05) is 12.6 Å². The quantitative estimate of drug-likeness (QED) is 0.0117. The van der Waals surface area contributed by atoms with Crippen molar-refractivity contribution in [3.8, 4) is 23.0 Å². The van der Waals surface area contributed by atoms with E-state index in [9.17, 15) is 44.0 Å². The van der Waals surface area contributed by atoms with Crippen molar-refractivity contribution in [1.82, 2.24) is 0 Å². The third-order valence-electron chi connectivity index (χ3n) is 11.5. The number of phenols is 1. The van der Waals surface area contributed by atoms with Crippen molar-refractivity contribution in [3.63, 3.8) is 0 Å². The number of nitrogens with one attached hydrogen (secondary N) is 1. The van der Waals surface area contributed by atoms with Crippen LogP contribution in [0.25, 0.3) is 10.8 Å². The number of aromatic hydroxyl groups is 1. The second-order valence-corrected chi connectivity index (χ2v) is 22.2. The summed E-state index contributed by atoms with van der Waals surface area (Å²) in [6.07, 6.45) is 2.40. The minimum Gasteiger partial charge on any atom is -0.505 e. The number of anilines is 2. The molecule has 6 aromatic carbocycles. The van der Waals surface area contributed by atoms with Gasteiger partial charge >= 0.3 is 0 Å². The first-order valence-corrected chi connectivity index (χ1v) is 28.5. The van der Waals surface area contributed by atoms with E-state index in [-0.39, 0.29) is 77.4 Å². The summed E-state index contributed by atoms with van der Waals surface area (Å²) < 4.78 is 120. The molecule has 5 N–H and O–H groups in total. The van der Waals surface area contributed by atoms with Crippen molar-refractivity contribution in [1.29, 1.82) is 0 Å². The Balaban J connectivity index is 1.28. The summed E-state index contributed by atoms with van der Waals surface area (Å²) in [5.74, 6) is 0.0422. The molecule has 0 aliphatic rings. The molecule has 79 heavy (non-hydrogen) atoms. The predicted octanol–water partition coefficient (Wildman–Crippen LogP) is 14.0. The lowest BCUT2D eigenvalue weighted by atomic mass is 10.1. The van der Waals surface area contributed by atoms with Gasteiger partial charge in [0.05, 0.1) is 67.4 Å². The number of fused-ring (bicyclic) bond motifs is 1. The standard InChI is InChI=1S/C53H57N9O14S3/c1-32-26-46(33(2)25-45(32)57-56-44-20-12-38-29-40(15-18-42(38)53(44)63)54-39-13-16-41(74-8)17-14-39)58-61-49-28-35(4)48(31-52(49)76-22-10-24-78(67,68)69)60-62-50-27-34(3)47(30-51(50)75-21-9-23-77(64,65)66)59-55-43(19-11-36(5)73-7)37(6)79(70,71)72/h11-20,25-31,54,63H,6,9-10,21-24H2,1-5,7-8H3,(H,64,65,66)(H,67,68,69)(H,70,71,72)/b36-11+,43-19+,57-56?,59-55?,61-58?,62-60?. The normalized spacial score (nSPS) is 12.8. The van der Waals surface area contributed by atoms with Crippen molar-refractivity contribution >= 4 is 92.3 Å². The minimum atomic E-state index is -4.79. The van der Waals surface area contributed by atoms with Crippen LogP contribution in [0.4, 0.5) is 51.2 Å². The highest BCUT2D eigenvalue weighted by Gasteiger charge is 2.18. The molecule has 6 rings (SSSR count). The number of phenolic OH excluding ortho intramolecular Hbond substituents is 1. The van der Waals surface area contributed by atoms with Gasteiger partial charge in [0, 0.05) is 28.9 Å². The van der Waals surface area contributed by atoms with Gasteiger partial charge in [-0.25, -0.2) is 0 Å². The molecule has 0 bridgehead atoms. The molecule has 0 saturated heterocycles. The molecule has 416 valence electrons. The van der Waals surface area contributed by atoms with E-state index in [1.54, 1.807) is 65.1 Å². The van der Waals surface area contributed by atoms with Gasteiger partial charge in [0.1, 0.15) is 44.9 Å². The lowest BCUT2D eigenvalue weighted by Crippen LogP contribution is -2.08. The van der Waals surface area contributed by atoms with Crippen LogP contribution in [0, 0.1) is 27.7 Å². The molecule has 0 saturated carbocycles. The average molecular weight is 1140 g/mol. The highest BCUT2D eigenvalue weighted by Crippen LogP contribution is 2.42. The van der Waals surface area contributed by atoms with Crippen LogP contribution in [0.1, 0.15) is 42.0 Å². The van der Waals surface area contributed by atoms with E-state index in [1.807, 2.05) is 49.4 Å². The number of hydrogen-bond donors (Lipinski definition) is 5. The van der Waals surface area contributed by atoms with Gasteiger partial charge in [0.25, 0.3) is 30.4 Å². The molecule has 26 heteroatoms. The van der Waals surface area contributed by atoms with Gasteiger partial charge in [-0.2, -0.15) is 45.7 Å². The lowest BCUT2D eigenvalue weighted by molar-refractivity contribution is 0.293. The maximum absolute atomic E-state index is 12.0. The molecule has 0 unspecified atom stereocenters. The first-order valence-electron chi connectivity index (χ1n) is 23.8. The number of ether oxygens (including phenoxy) is 4. The highest BCUT2D eigenvalue weighted by atomic mass is 32.2. The zero-order valence-electron chi connectivity index (χ0n) is 43.9. The second-order valence-electron chi connectivity index (χ2n) is 17.6. The Hall–Kier alpha value is -8.27. The molecule has 0 aliphatic heterocycles. The van der Waals surface area contributed by atoms with Crippen LogP contribution < -0.4 is 19.5 Å². The Kier molecular flexibility index (Phi) is 20.0. The van der Waals surface area contributed by atoms with E-state index in [2.05, 4.69) is 52.8 Å². The molecular weight excluding hydrogens is 1080 g/mol. The number of azo groups is 4. The molecule has 0 atom stereocenters. The number of methoxy groups -OCH3 is 2. The zero-order chi connectivity index (χ0) is 57.7. The van der Waals surface area contributed by atoms with E-state index in [4.69, 9.17) is 18.9 Å². The molecule has 0 heterocycles. The largest absolute Gasteiger partial charge is 0.505 e. The summed E-state index contributed by atoms with van der Waals surface area (Å²) in [7, 11) is -10.4. The summed E-state index contributed by atoms with van der Waals surface area (Å²) in [4.78, 5) is -0.749. The number of aryl methyl sites for hydroxylation is 4. The predicted molar refractivity (Wildman–Crippen MR) is 300 cm³/mol. The van der Waals surface area contributed by atoms with Crippen molar-refractivity contribution in [2.45, 2.75) is 47.5 Å². The SMILES string of the molecule is C=C(/C(=C\C=C(/C)OC)N=Nc1cc(OCCCS(=O)(=O)O)c(N=Nc2cc(OCCCS(=O)(=O)O)c(N=Nc3cc(C)c(N=Nc4ccc5cc(Nc6ccc(OC)cc6)ccc5c4O)cc3C)cc2C)cc1C)S(=O)(=O)O. The number of allylic oxidation sites excluding steroid dienone is 3. The molecule has 0 aliphatic carbocycles. The van der Waals surface area contributed by atoms with Gasteiger partial charge in [-0.3, -0.25) is 13.7 Å². The Morgan fingerprint density at radius 1 is 0.570 bits per heavy atom. The second kappa shape index (κ2) is 26.4. The summed E-state index contributed by atoms with van der Waals surface area (Å²) in [6.45, 7) is 11.6. The third kappa shape index (κ3) is 17.6. The van der Waals surface area contributed by atoms with Gasteiger partial charge in [0.15, 0.2) is 5.75 Å². The van der Waals surface area contributed by atoms with Crippen LogP contribution in [0.5, 0.6) is 23.0 Å². The van der Waals surface area contributed by atoms with Crippen LogP contribution in [-0.2, 0) is 35.1 Å². The fourth-order valence-electron chi connectivity index (χ4n) is 7.09. The molecule has 0 fully saturated rings. The molecular formula is C53H57N9O14S3. The smallest absolute Gasteiger partial charge is 0.296 e. The van der Waals surface area contributed by atoms with Crippen LogP contribution in [0.3, 0.4) is 0 Å². The van der Waals surface area contributed by atoms with Crippen molar-refractivity contribution in [2.75, 3.05) is 44.3 Å². The Morgan fingerprint density at radius 3 is 1.51 bits per heavy atom. The molecule has 0 amide bonds. The summed E-state index contributed by atoms with van der Waals surface area (Å²) in [5, 5.41) is 50.8. The molecule has 23 nitrogen and oxygen atoms in total. The average Bonchev–Trinajstić information content (AvgIpc) is 3.44. The molecule has 0 aromatic heterocycles. The Bertz CT molecular complexity index is 3810. The first kappa shape index (κ1) is 60.0. The van der Waals surface area contributed by atoms with Crippen LogP contribution >= 0.6 is 0 Å². The number of hydrogen-bond acceptors (Lipinski definition) is 20. The van der Waals surface area contributed by atoms with Crippen LogP contribution in [0.2, 0.25) is 0 Å². The maximum atomic E-state index is 12.0. The topological polar surface area (TPSA) is 331 Å². The summed E-state index contributed by atoms with van der Waals surface area (Å²) in [5.41, 5.74) is 5.68. The van der Waals surface area contributed by atoms with E-state index < -0.39 is 46.8 Å². The Labute approximate surface area is 457 Å². The van der Waals surface area contributed by atoms with E-state index in [0.29, 0.717) is 44.8 Å². The van der Waals surface area contributed by atoms with Gasteiger partial charge in [-0.15, -0.1) is 20.5 Å². The van der Waals surface area contributed by atoms with Crippen molar-refractivity contribution < 1.29 is 63.0 Å². The highest BCUT2D eigenvalue weighted by molar-refractivity contribution is 7.90. The fourth-order valence-corrected chi connectivity index (χ4v) is 8.42. The maximum Gasteiger partial charge on any atom is 0.296 e. The van der Waals surface area contributed by atoms with Crippen molar-refractivity contribution in [3.05, 3.63) is 148 Å². The third-order valence-corrected chi connectivity index (χ3v) is 13.9. The van der Waals surface area contributed by atoms with Crippen LogP contribution in [-0.4, -0.2) is 83.0 Å². The van der Waals surface area contributed by atoms with E-state index in [0.717, 1.165) is 22.5 Å². The van der Waals surface area contributed by atoms with E-state index >= 15 is 0 Å². The minimum absolute atomic E-state index is 0.0246. The first-order chi connectivity index (χ1) is 37.3. The fraction of sp³-hybridized carbons (Fsp3) is 0.245. The lowest BCUT2D eigenvalue weighted by Gasteiger charge is -2.12. The molecule has 0 spiro atoms. The van der Waals surface area contributed by atoms with Gasteiger partial charge in [0.2, 0.25) is 0 Å². The Morgan fingerprint density at radius 2 is 1.03 bits per heavy atom. The zero-order valence-corrected chi connectivity index (χ0v) is 46.4. The van der Waals surface area contributed by atoms with E-state index in [1.165, 1.54) is 37.5 Å². The summed E-state index contributed by atoms with van der Waals surface area (Å²) in [6, 6.07) is 26.1. The summed E-state index contributed by atoms with van der Waals surface area (Å²) >= 11 is 0. The molecule has 6 aromatic rings. The monoisotopic (exact) mass is 1140 g/mol. The van der Waals surface area contributed by atoms with Gasteiger partial charge < -0.3 is 29.4 Å². The van der Waals surface area contributed by atoms with Crippen LogP contribution in [0.15, 0.2) is 167 Å². The van der Waals surface area contributed by atoms with Gasteiger partial charge in [-0.05, 0) is 160 Å². The number of rotatable bonds is 25. The van der Waals surface area contributed by atoms with Crippen molar-refractivity contribution in [2.24, 2.45) is 40.9 Å². The number of nitrogens with zero attached hydrogens (tertiary/aromatic N) is 8. The number of benzene rings is 6. The molecule has 0 radical (unpaired) electrons.